The Balaban J connectivity index is 1.52. The van der Waals surface area contributed by atoms with Crippen LogP contribution in [0.25, 0.3) is 0 Å². The van der Waals surface area contributed by atoms with Gasteiger partial charge in [0.2, 0.25) is 5.91 Å². The lowest BCUT2D eigenvalue weighted by Crippen LogP contribution is -2.56. The summed E-state index contributed by atoms with van der Waals surface area (Å²) < 4.78 is 10.5. The first-order valence-electron chi connectivity index (χ1n) is 11.9. The molecule has 1 heterocycles. The van der Waals surface area contributed by atoms with Gasteiger partial charge in [-0.1, -0.05) is 66.7 Å². The fraction of sp³-hybridized carbons (Fsp3) is 0.241. The Kier molecular flexibility index (Phi) is 8.16. The summed E-state index contributed by atoms with van der Waals surface area (Å²) in [6.45, 7) is 0.288. The average molecular weight is 498 g/mol. The molecule has 0 spiro atoms. The van der Waals surface area contributed by atoms with Gasteiger partial charge >= 0.3 is 12.1 Å². The third-order valence-electron chi connectivity index (χ3n) is 6.32. The van der Waals surface area contributed by atoms with E-state index in [4.69, 9.17) is 14.7 Å². The second-order valence-corrected chi connectivity index (χ2v) is 8.75. The first kappa shape index (κ1) is 25.5. The van der Waals surface area contributed by atoms with Crippen LogP contribution in [0.2, 0.25) is 0 Å². The highest BCUT2D eigenvalue weighted by Gasteiger charge is 2.37. The minimum Gasteiger partial charge on any atom is -0.467 e. The van der Waals surface area contributed by atoms with Gasteiger partial charge in [-0.15, -0.1) is 0 Å². The zero-order valence-electron chi connectivity index (χ0n) is 20.4. The van der Waals surface area contributed by atoms with E-state index in [-0.39, 0.29) is 26.0 Å². The van der Waals surface area contributed by atoms with Crippen molar-refractivity contribution in [2.75, 3.05) is 7.11 Å². The van der Waals surface area contributed by atoms with E-state index in [9.17, 15) is 14.4 Å². The van der Waals surface area contributed by atoms with Gasteiger partial charge in [-0.3, -0.25) is 9.69 Å². The number of amides is 2. The fourth-order valence-corrected chi connectivity index (χ4v) is 4.31. The predicted molar refractivity (Wildman–Crippen MR) is 135 cm³/mol. The normalized spacial score (nSPS) is 15.0. The molecule has 1 aliphatic rings. The highest BCUT2D eigenvalue weighted by molar-refractivity contribution is 5.90. The van der Waals surface area contributed by atoms with E-state index in [1.165, 1.54) is 12.0 Å². The third-order valence-corrected chi connectivity index (χ3v) is 6.32. The van der Waals surface area contributed by atoms with Crippen molar-refractivity contribution in [3.63, 3.8) is 0 Å². The van der Waals surface area contributed by atoms with Crippen molar-refractivity contribution in [1.29, 1.82) is 5.26 Å². The van der Waals surface area contributed by atoms with Gasteiger partial charge in [0.05, 0.1) is 25.3 Å². The Bertz CT molecular complexity index is 1300. The molecule has 1 N–H and O–H groups in total. The SMILES string of the molecule is COC(=O)[C@H](Cc1ccc(C#N)cc1)NC(=O)[C@@H]1Cc2ccccc2CN1C(=O)OCc1ccccc1. The van der Waals surface area contributed by atoms with Crippen molar-refractivity contribution in [1.82, 2.24) is 10.2 Å². The van der Waals surface area contributed by atoms with Crippen LogP contribution < -0.4 is 5.32 Å². The second-order valence-electron chi connectivity index (χ2n) is 8.75. The monoisotopic (exact) mass is 497 g/mol. The molecule has 8 nitrogen and oxygen atoms in total. The Morgan fingerprint density at radius 2 is 1.65 bits per heavy atom. The fourth-order valence-electron chi connectivity index (χ4n) is 4.31. The summed E-state index contributed by atoms with van der Waals surface area (Å²) in [5.41, 5.74) is 3.97. The first-order chi connectivity index (χ1) is 18.0. The molecule has 2 atom stereocenters. The summed E-state index contributed by atoms with van der Waals surface area (Å²) in [4.78, 5) is 40.6. The van der Waals surface area contributed by atoms with Gasteiger partial charge in [0.1, 0.15) is 18.7 Å². The van der Waals surface area contributed by atoms with Gasteiger partial charge in [0.25, 0.3) is 0 Å². The first-order valence-corrected chi connectivity index (χ1v) is 11.9. The summed E-state index contributed by atoms with van der Waals surface area (Å²) in [6, 6.07) is 23.9. The quantitative estimate of drug-likeness (QED) is 0.501. The number of hydrogen-bond acceptors (Lipinski definition) is 6. The molecule has 0 bridgehead atoms. The molecule has 0 radical (unpaired) electrons. The Labute approximate surface area is 215 Å². The van der Waals surface area contributed by atoms with Crippen LogP contribution in [-0.2, 0) is 45.1 Å². The molecule has 188 valence electrons. The summed E-state index contributed by atoms with van der Waals surface area (Å²) in [5.74, 6) is -1.08. The van der Waals surface area contributed by atoms with Gasteiger partial charge in [-0.2, -0.15) is 5.26 Å². The molecular weight excluding hydrogens is 470 g/mol. The van der Waals surface area contributed by atoms with E-state index < -0.39 is 30.1 Å². The van der Waals surface area contributed by atoms with Crippen LogP contribution in [0.5, 0.6) is 0 Å². The van der Waals surface area contributed by atoms with Crippen LogP contribution in [0.15, 0.2) is 78.9 Å². The molecule has 4 rings (SSSR count). The largest absolute Gasteiger partial charge is 0.467 e. The molecule has 0 aliphatic carbocycles. The predicted octanol–water partition coefficient (Wildman–Crippen LogP) is 3.52. The van der Waals surface area contributed by atoms with Crippen LogP contribution in [0, 0.1) is 11.3 Å². The van der Waals surface area contributed by atoms with Crippen molar-refractivity contribution < 1.29 is 23.9 Å². The van der Waals surface area contributed by atoms with Crippen LogP contribution in [-0.4, -0.2) is 42.1 Å². The Morgan fingerprint density at radius 3 is 2.32 bits per heavy atom. The molecule has 0 fully saturated rings. The molecule has 0 aromatic heterocycles. The number of benzene rings is 3. The summed E-state index contributed by atoms with van der Waals surface area (Å²) >= 11 is 0. The Morgan fingerprint density at radius 1 is 0.973 bits per heavy atom. The van der Waals surface area contributed by atoms with E-state index >= 15 is 0 Å². The molecule has 0 saturated carbocycles. The third kappa shape index (κ3) is 6.33. The minimum atomic E-state index is -0.968. The molecule has 1 aliphatic heterocycles. The van der Waals surface area contributed by atoms with Crippen LogP contribution in [0.4, 0.5) is 4.79 Å². The van der Waals surface area contributed by atoms with Crippen LogP contribution >= 0.6 is 0 Å². The number of rotatable bonds is 7. The zero-order valence-corrected chi connectivity index (χ0v) is 20.4. The molecule has 2 amide bonds. The minimum absolute atomic E-state index is 0.0790. The summed E-state index contributed by atoms with van der Waals surface area (Å²) in [7, 11) is 1.25. The Hall–Kier alpha value is -4.64. The number of esters is 1. The van der Waals surface area contributed by atoms with Crippen molar-refractivity contribution in [2.45, 2.75) is 38.1 Å². The zero-order chi connectivity index (χ0) is 26.2. The number of hydrogen-bond donors (Lipinski definition) is 1. The topological polar surface area (TPSA) is 109 Å². The number of nitriles is 1. The summed E-state index contributed by atoms with van der Waals surface area (Å²) in [5, 5.41) is 11.8. The summed E-state index contributed by atoms with van der Waals surface area (Å²) in [6.07, 6.45) is -0.153. The van der Waals surface area contributed by atoms with Crippen molar-refractivity contribution in [3.05, 3.63) is 107 Å². The van der Waals surface area contributed by atoms with E-state index in [0.717, 1.165) is 22.3 Å². The molecule has 37 heavy (non-hydrogen) atoms. The van der Waals surface area contributed by atoms with Gasteiger partial charge in [0.15, 0.2) is 0 Å². The molecular formula is C29H27N3O5. The second kappa shape index (κ2) is 11.9. The number of methoxy groups -OCH3 is 1. The number of fused-ring (bicyclic) bond motifs is 1. The van der Waals surface area contributed by atoms with E-state index in [1.54, 1.807) is 24.3 Å². The van der Waals surface area contributed by atoms with Crippen LogP contribution in [0.1, 0.15) is 27.8 Å². The highest BCUT2D eigenvalue weighted by atomic mass is 16.6. The van der Waals surface area contributed by atoms with E-state index in [1.807, 2.05) is 54.6 Å². The van der Waals surface area contributed by atoms with E-state index in [0.29, 0.717) is 5.56 Å². The molecule has 3 aromatic carbocycles. The molecule has 3 aromatic rings. The van der Waals surface area contributed by atoms with Gasteiger partial charge in [-0.05, 0) is 34.4 Å². The maximum atomic E-state index is 13.5. The van der Waals surface area contributed by atoms with E-state index in [2.05, 4.69) is 11.4 Å². The van der Waals surface area contributed by atoms with Crippen molar-refractivity contribution >= 4 is 18.0 Å². The van der Waals surface area contributed by atoms with Gasteiger partial charge < -0.3 is 14.8 Å². The number of nitrogens with one attached hydrogen (secondary N) is 1. The lowest BCUT2D eigenvalue weighted by molar-refractivity contribution is -0.145. The van der Waals surface area contributed by atoms with Gasteiger partial charge in [-0.25, -0.2) is 9.59 Å². The standard InChI is InChI=1S/C29H27N3O5/c1-36-28(34)25(15-20-11-13-21(17-30)14-12-20)31-27(33)26-16-23-9-5-6-10-24(23)18-32(26)29(35)37-19-22-7-3-2-4-8-22/h2-14,25-26H,15-16,18-19H2,1H3,(H,31,33)/t25-,26-/m0/s1. The smallest absolute Gasteiger partial charge is 0.411 e. The maximum absolute atomic E-state index is 13.5. The molecule has 8 heteroatoms. The molecule has 0 unspecified atom stereocenters. The molecule has 0 saturated heterocycles. The van der Waals surface area contributed by atoms with Crippen molar-refractivity contribution in [2.24, 2.45) is 0 Å². The lowest BCUT2D eigenvalue weighted by atomic mass is 9.93. The maximum Gasteiger partial charge on any atom is 0.411 e. The highest BCUT2D eigenvalue weighted by Crippen LogP contribution is 2.25. The average Bonchev–Trinajstić information content (AvgIpc) is 2.95. The van der Waals surface area contributed by atoms with Gasteiger partial charge in [0, 0.05) is 12.8 Å². The lowest BCUT2D eigenvalue weighted by Gasteiger charge is -2.35. The van der Waals surface area contributed by atoms with Crippen LogP contribution in [0.3, 0.4) is 0 Å². The number of nitrogens with zero attached hydrogens (tertiary/aromatic N) is 2. The number of ether oxygens (including phenoxy) is 2. The van der Waals surface area contributed by atoms with Crippen molar-refractivity contribution in [3.8, 4) is 6.07 Å². The number of carbonyl (C=O) groups is 3. The number of carbonyl (C=O) groups excluding carboxylic acids is 3.